The van der Waals surface area contributed by atoms with Crippen LogP contribution in [0.5, 0.6) is 0 Å². The molecule has 1 saturated heterocycles. The van der Waals surface area contributed by atoms with Crippen molar-refractivity contribution < 1.29 is 9.84 Å². The van der Waals surface area contributed by atoms with E-state index >= 15 is 0 Å². The molecule has 2 atom stereocenters. The number of nitrogens with zero attached hydrogens (tertiary/aromatic N) is 1. The molecule has 4 bridgehead atoms. The molecule has 3 nitrogen and oxygen atoms in total. The van der Waals surface area contributed by atoms with Gasteiger partial charge < -0.3 is 9.84 Å². The molecule has 1 aliphatic heterocycles. The quantitative estimate of drug-likeness (QED) is 0.868. The van der Waals surface area contributed by atoms with E-state index in [0.29, 0.717) is 6.10 Å². The summed E-state index contributed by atoms with van der Waals surface area (Å²) in [4.78, 5) is 2.46. The summed E-state index contributed by atoms with van der Waals surface area (Å²) in [6, 6.07) is 0. The molecule has 0 aromatic carbocycles. The van der Waals surface area contributed by atoms with E-state index in [0.717, 1.165) is 50.4 Å². The second-order valence-corrected chi connectivity index (χ2v) is 8.59. The molecule has 1 heterocycles. The van der Waals surface area contributed by atoms with Crippen molar-refractivity contribution in [1.82, 2.24) is 4.90 Å². The maximum absolute atomic E-state index is 11.1. The normalized spacial score (nSPS) is 48.3. The Labute approximate surface area is 129 Å². The Balaban J connectivity index is 1.43. The number of aliphatic hydroxyl groups excluding tert-OH is 1. The van der Waals surface area contributed by atoms with Crippen molar-refractivity contribution in [2.75, 3.05) is 26.2 Å². The van der Waals surface area contributed by atoms with Gasteiger partial charge in [0.2, 0.25) is 0 Å². The predicted molar refractivity (Wildman–Crippen MR) is 83.1 cm³/mol. The van der Waals surface area contributed by atoms with Gasteiger partial charge >= 0.3 is 0 Å². The van der Waals surface area contributed by atoms with Crippen LogP contribution >= 0.6 is 0 Å². The molecule has 1 N–H and O–H groups in total. The summed E-state index contributed by atoms with van der Waals surface area (Å²) in [5.74, 6) is 2.78. The lowest BCUT2D eigenvalue weighted by atomic mass is 9.48. The van der Waals surface area contributed by atoms with Gasteiger partial charge in [-0.3, -0.25) is 4.90 Å². The van der Waals surface area contributed by atoms with E-state index in [4.69, 9.17) is 4.74 Å². The van der Waals surface area contributed by atoms with Crippen LogP contribution in [0.2, 0.25) is 0 Å². The zero-order chi connectivity index (χ0) is 14.4. The number of β-amino-alcohol motifs (C(OH)–C–C–N with tert-alkyl or cyclic N) is 1. The van der Waals surface area contributed by atoms with Gasteiger partial charge in [-0.05, 0) is 75.0 Å². The average molecular weight is 293 g/mol. The van der Waals surface area contributed by atoms with E-state index in [2.05, 4.69) is 11.8 Å². The van der Waals surface area contributed by atoms with Crippen molar-refractivity contribution in [2.24, 2.45) is 23.2 Å². The SMILES string of the molecule is CC1CN(CC(O)C23CC4CC(CC(C4)C2)C3)CCCO1. The van der Waals surface area contributed by atoms with Gasteiger partial charge in [-0.15, -0.1) is 0 Å². The van der Waals surface area contributed by atoms with Crippen LogP contribution in [-0.2, 0) is 4.74 Å². The molecule has 5 fully saturated rings. The molecule has 5 rings (SSSR count). The van der Waals surface area contributed by atoms with Crippen LogP contribution in [-0.4, -0.2) is 48.5 Å². The van der Waals surface area contributed by atoms with Gasteiger partial charge in [0.05, 0.1) is 12.2 Å². The number of aliphatic hydroxyl groups is 1. The third-order valence-corrected chi connectivity index (χ3v) is 6.76. The van der Waals surface area contributed by atoms with Crippen molar-refractivity contribution >= 4 is 0 Å². The summed E-state index contributed by atoms with van der Waals surface area (Å²) < 4.78 is 5.74. The predicted octanol–water partition coefficient (Wildman–Crippen LogP) is 2.67. The van der Waals surface area contributed by atoms with Gasteiger partial charge in [-0.1, -0.05) is 0 Å². The number of ether oxygens (including phenoxy) is 1. The molecule has 5 aliphatic rings. The van der Waals surface area contributed by atoms with Crippen LogP contribution in [0.25, 0.3) is 0 Å². The van der Waals surface area contributed by atoms with Crippen molar-refractivity contribution in [3.05, 3.63) is 0 Å². The molecule has 4 saturated carbocycles. The zero-order valence-corrected chi connectivity index (χ0v) is 13.5. The van der Waals surface area contributed by atoms with Crippen molar-refractivity contribution in [1.29, 1.82) is 0 Å². The lowest BCUT2D eigenvalue weighted by Gasteiger charge is -2.58. The molecule has 4 aliphatic carbocycles. The van der Waals surface area contributed by atoms with Crippen LogP contribution in [0.15, 0.2) is 0 Å². The number of hydrogen-bond donors (Lipinski definition) is 1. The minimum absolute atomic E-state index is 0.115. The minimum atomic E-state index is -0.115. The molecule has 0 aromatic heterocycles. The van der Waals surface area contributed by atoms with Crippen molar-refractivity contribution in [3.8, 4) is 0 Å². The Morgan fingerprint density at radius 3 is 2.38 bits per heavy atom. The number of rotatable bonds is 3. The molecule has 0 aromatic rings. The van der Waals surface area contributed by atoms with E-state index in [-0.39, 0.29) is 11.5 Å². The Kier molecular flexibility index (Phi) is 3.79. The second kappa shape index (κ2) is 5.50. The highest BCUT2D eigenvalue weighted by molar-refractivity contribution is 5.04. The van der Waals surface area contributed by atoms with E-state index in [9.17, 15) is 5.11 Å². The Morgan fingerprint density at radius 2 is 1.76 bits per heavy atom. The van der Waals surface area contributed by atoms with Crippen molar-refractivity contribution in [3.63, 3.8) is 0 Å². The summed E-state index contributed by atoms with van der Waals surface area (Å²) in [6.07, 6.45) is 9.60. The third kappa shape index (κ3) is 2.77. The maximum Gasteiger partial charge on any atom is 0.0723 e. The zero-order valence-electron chi connectivity index (χ0n) is 13.5. The summed E-state index contributed by atoms with van der Waals surface area (Å²) >= 11 is 0. The van der Waals surface area contributed by atoms with Crippen LogP contribution in [0.1, 0.15) is 51.9 Å². The smallest absolute Gasteiger partial charge is 0.0723 e. The Bertz CT molecular complexity index is 348. The highest BCUT2D eigenvalue weighted by atomic mass is 16.5. The lowest BCUT2D eigenvalue weighted by molar-refractivity contribution is -0.127. The number of hydrogen-bond acceptors (Lipinski definition) is 3. The summed E-state index contributed by atoms with van der Waals surface area (Å²) in [5, 5.41) is 11.1. The molecule has 3 heteroatoms. The molecular weight excluding hydrogens is 262 g/mol. The second-order valence-electron chi connectivity index (χ2n) is 8.59. The third-order valence-electron chi connectivity index (χ3n) is 6.76. The first-order valence-corrected chi connectivity index (χ1v) is 9.15. The molecule has 0 radical (unpaired) electrons. The highest BCUT2D eigenvalue weighted by Gasteiger charge is 2.54. The first-order valence-electron chi connectivity index (χ1n) is 9.15. The first-order chi connectivity index (χ1) is 10.1. The van der Waals surface area contributed by atoms with Gasteiger partial charge in [-0.25, -0.2) is 0 Å². The van der Waals surface area contributed by atoms with E-state index in [1.807, 2.05) is 0 Å². The molecular formula is C18H31NO2. The largest absolute Gasteiger partial charge is 0.391 e. The molecule has 21 heavy (non-hydrogen) atoms. The first kappa shape index (κ1) is 14.5. The molecule has 2 unspecified atom stereocenters. The lowest BCUT2D eigenvalue weighted by Crippen LogP contribution is -2.54. The van der Waals surface area contributed by atoms with E-state index < -0.39 is 0 Å². The van der Waals surface area contributed by atoms with Gasteiger partial charge in [-0.2, -0.15) is 0 Å². The Hall–Kier alpha value is -0.120. The molecule has 0 amide bonds. The monoisotopic (exact) mass is 293 g/mol. The fraction of sp³-hybridized carbons (Fsp3) is 1.00. The summed E-state index contributed by atoms with van der Waals surface area (Å²) in [7, 11) is 0. The maximum atomic E-state index is 11.1. The average Bonchev–Trinajstić information content (AvgIpc) is 2.61. The van der Waals surface area contributed by atoms with Gasteiger partial charge in [0.25, 0.3) is 0 Å². The van der Waals surface area contributed by atoms with Crippen LogP contribution in [0.3, 0.4) is 0 Å². The standard InChI is InChI=1S/C18H31NO2/c1-13-11-19(3-2-4-21-13)12-17(20)18-8-14-5-15(9-18)7-16(6-14)10-18/h13-17,20H,2-12H2,1H3. The van der Waals surface area contributed by atoms with Crippen LogP contribution < -0.4 is 0 Å². The van der Waals surface area contributed by atoms with Gasteiger partial charge in [0, 0.05) is 26.2 Å². The minimum Gasteiger partial charge on any atom is -0.391 e. The Morgan fingerprint density at radius 1 is 1.14 bits per heavy atom. The van der Waals surface area contributed by atoms with E-state index in [1.54, 1.807) is 0 Å². The van der Waals surface area contributed by atoms with Gasteiger partial charge in [0.1, 0.15) is 0 Å². The topological polar surface area (TPSA) is 32.7 Å². The highest BCUT2D eigenvalue weighted by Crippen LogP contribution is 2.61. The summed E-state index contributed by atoms with van der Waals surface area (Å²) in [6.45, 7) is 6.00. The van der Waals surface area contributed by atoms with Crippen LogP contribution in [0.4, 0.5) is 0 Å². The van der Waals surface area contributed by atoms with Crippen LogP contribution in [0, 0.1) is 23.2 Å². The fourth-order valence-corrected chi connectivity index (χ4v) is 6.27. The molecule has 120 valence electrons. The summed E-state index contributed by atoms with van der Waals surface area (Å²) in [5.41, 5.74) is 0.269. The molecule has 0 spiro atoms. The van der Waals surface area contributed by atoms with E-state index in [1.165, 1.54) is 38.5 Å². The fourth-order valence-electron chi connectivity index (χ4n) is 6.27. The van der Waals surface area contributed by atoms with Crippen molar-refractivity contribution in [2.45, 2.75) is 64.1 Å². The van der Waals surface area contributed by atoms with Gasteiger partial charge in [0.15, 0.2) is 0 Å².